The van der Waals surface area contributed by atoms with E-state index in [-0.39, 0.29) is 11.9 Å². The molecule has 164 valence electrons. The number of methoxy groups -OCH3 is 1. The maximum absolute atomic E-state index is 12.7. The first-order chi connectivity index (χ1) is 14.2. The zero-order valence-corrected chi connectivity index (χ0v) is 17.2. The van der Waals surface area contributed by atoms with Crippen LogP contribution in [-0.2, 0) is 27.3 Å². The fraction of sp³-hybridized carbons (Fsp3) is 0.421. The van der Waals surface area contributed by atoms with Crippen LogP contribution in [-0.4, -0.2) is 58.1 Å². The van der Waals surface area contributed by atoms with Gasteiger partial charge in [-0.05, 0) is 36.4 Å². The first-order valence-electron chi connectivity index (χ1n) is 9.04. The van der Waals surface area contributed by atoms with Crippen LogP contribution in [0.2, 0.25) is 0 Å². The molecule has 2 aromatic heterocycles. The van der Waals surface area contributed by atoms with Crippen LogP contribution in [0.1, 0.15) is 29.1 Å². The standard InChI is InChI=1S/C17H21N3O2S.C2HF3O2/c1-3-20-17-13(11-18-20)8-9-19(15(17)12-22-2)16(21)7-6-14-5-4-10-23-14;3-2(4,5)1(6)7/h4-7,10-11,15H,3,8-9,12H2,1-2H3;(H,6,7)/b7-6+;. The summed E-state index contributed by atoms with van der Waals surface area (Å²) in [5, 5.41) is 13.6. The van der Waals surface area contributed by atoms with E-state index in [1.807, 2.05) is 39.4 Å². The summed E-state index contributed by atoms with van der Waals surface area (Å²) in [7, 11) is 1.67. The monoisotopic (exact) mass is 445 g/mol. The number of carboxylic acid groups (broad SMARTS) is 1. The molecule has 0 bridgehead atoms. The van der Waals surface area contributed by atoms with E-state index in [9.17, 15) is 18.0 Å². The predicted molar refractivity (Wildman–Crippen MR) is 105 cm³/mol. The Kier molecular flexibility index (Phi) is 8.18. The molecule has 1 N–H and O–H groups in total. The Balaban J connectivity index is 0.000000396. The van der Waals surface area contributed by atoms with E-state index in [0.29, 0.717) is 13.2 Å². The van der Waals surface area contributed by atoms with Gasteiger partial charge in [0, 0.05) is 31.2 Å². The number of hydrogen-bond acceptors (Lipinski definition) is 5. The molecule has 0 saturated carbocycles. The van der Waals surface area contributed by atoms with Crippen molar-refractivity contribution in [2.45, 2.75) is 32.1 Å². The van der Waals surface area contributed by atoms with E-state index >= 15 is 0 Å². The highest BCUT2D eigenvalue weighted by molar-refractivity contribution is 7.10. The summed E-state index contributed by atoms with van der Waals surface area (Å²) in [6, 6.07) is 3.91. The average Bonchev–Trinajstić information content (AvgIpc) is 3.36. The molecule has 1 unspecified atom stereocenters. The Hall–Kier alpha value is -2.66. The minimum Gasteiger partial charge on any atom is -0.475 e. The number of aryl methyl sites for hydroxylation is 1. The van der Waals surface area contributed by atoms with Gasteiger partial charge in [-0.15, -0.1) is 11.3 Å². The molecular formula is C19H22F3N3O4S. The molecule has 7 nitrogen and oxygen atoms in total. The molecule has 2 aromatic rings. The Morgan fingerprint density at radius 2 is 2.13 bits per heavy atom. The number of carbonyl (C=O) groups is 2. The highest BCUT2D eigenvalue weighted by Crippen LogP contribution is 2.30. The van der Waals surface area contributed by atoms with Crippen LogP contribution in [0, 0.1) is 0 Å². The van der Waals surface area contributed by atoms with Gasteiger partial charge in [-0.1, -0.05) is 6.07 Å². The van der Waals surface area contributed by atoms with Crippen molar-refractivity contribution in [1.82, 2.24) is 14.7 Å². The normalized spacial score (nSPS) is 16.2. The van der Waals surface area contributed by atoms with Crippen molar-refractivity contribution in [2.75, 3.05) is 20.3 Å². The lowest BCUT2D eigenvalue weighted by Crippen LogP contribution is -2.42. The van der Waals surface area contributed by atoms with Crippen LogP contribution in [0.15, 0.2) is 29.8 Å². The predicted octanol–water partition coefficient (Wildman–Crippen LogP) is 3.38. The molecular weight excluding hydrogens is 423 g/mol. The number of nitrogens with zero attached hydrogens (tertiary/aromatic N) is 3. The molecule has 3 heterocycles. The average molecular weight is 445 g/mol. The maximum atomic E-state index is 12.7. The zero-order chi connectivity index (χ0) is 22.3. The number of carbonyl (C=O) groups excluding carboxylic acids is 1. The van der Waals surface area contributed by atoms with E-state index < -0.39 is 12.1 Å². The van der Waals surface area contributed by atoms with Gasteiger partial charge in [0.25, 0.3) is 0 Å². The van der Waals surface area contributed by atoms with Gasteiger partial charge in [0.2, 0.25) is 5.91 Å². The summed E-state index contributed by atoms with van der Waals surface area (Å²) in [4.78, 5) is 24.5. The van der Waals surface area contributed by atoms with Gasteiger partial charge in [-0.2, -0.15) is 18.3 Å². The third-order valence-corrected chi connectivity index (χ3v) is 5.19. The van der Waals surface area contributed by atoms with Gasteiger partial charge < -0.3 is 14.7 Å². The topological polar surface area (TPSA) is 84.7 Å². The Morgan fingerprint density at radius 1 is 1.43 bits per heavy atom. The van der Waals surface area contributed by atoms with E-state index in [0.717, 1.165) is 23.5 Å². The molecule has 0 saturated heterocycles. The number of aromatic nitrogens is 2. The Labute approximate surface area is 175 Å². The third-order valence-electron chi connectivity index (χ3n) is 4.36. The minimum atomic E-state index is -5.08. The summed E-state index contributed by atoms with van der Waals surface area (Å²) in [5.41, 5.74) is 2.33. The second-order valence-corrected chi connectivity index (χ2v) is 7.25. The van der Waals surface area contributed by atoms with Crippen molar-refractivity contribution >= 4 is 29.3 Å². The third kappa shape index (κ3) is 5.92. The van der Waals surface area contributed by atoms with Gasteiger partial charge in [0.15, 0.2) is 0 Å². The van der Waals surface area contributed by atoms with Gasteiger partial charge in [0.1, 0.15) is 0 Å². The van der Waals surface area contributed by atoms with Crippen molar-refractivity contribution in [3.05, 3.63) is 45.9 Å². The van der Waals surface area contributed by atoms with Crippen LogP contribution < -0.4 is 0 Å². The van der Waals surface area contributed by atoms with E-state index in [1.54, 1.807) is 24.5 Å². The number of amides is 1. The highest BCUT2D eigenvalue weighted by Gasteiger charge is 2.38. The van der Waals surface area contributed by atoms with Crippen molar-refractivity contribution in [3.63, 3.8) is 0 Å². The maximum Gasteiger partial charge on any atom is 0.490 e. The lowest BCUT2D eigenvalue weighted by molar-refractivity contribution is -0.192. The largest absolute Gasteiger partial charge is 0.490 e. The molecule has 11 heteroatoms. The van der Waals surface area contributed by atoms with Gasteiger partial charge >= 0.3 is 12.1 Å². The van der Waals surface area contributed by atoms with Gasteiger partial charge in [-0.25, -0.2) is 4.79 Å². The lowest BCUT2D eigenvalue weighted by atomic mass is 10.00. The second kappa shape index (κ2) is 10.4. The van der Waals surface area contributed by atoms with E-state index in [4.69, 9.17) is 14.6 Å². The summed E-state index contributed by atoms with van der Waals surface area (Å²) >= 11 is 1.62. The number of hydrogen-bond donors (Lipinski definition) is 1. The smallest absolute Gasteiger partial charge is 0.475 e. The Morgan fingerprint density at radius 3 is 2.67 bits per heavy atom. The molecule has 0 fully saturated rings. The van der Waals surface area contributed by atoms with E-state index in [2.05, 4.69) is 12.0 Å². The van der Waals surface area contributed by atoms with Crippen LogP contribution in [0.25, 0.3) is 6.08 Å². The number of thiophene rings is 1. The molecule has 1 amide bonds. The van der Waals surface area contributed by atoms with Crippen LogP contribution in [0.5, 0.6) is 0 Å². The molecule has 0 spiro atoms. The Bertz CT molecular complexity index is 865. The highest BCUT2D eigenvalue weighted by atomic mass is 32.1. The fourth-order valence-corrected chi connectivity index (χ4v) is 3.65. The number of carboxylic acids is 1. The van der Waals surface area contributed by atoms with Gasteiger partial charge in [-0.3, -0.25) is 9.48 Å². The molecule has 1 aliphatic heterocycles. The summed E-state index contributed by atoms with van der Waals surface area (Å²) in [6.45, 7) is 4.04. The molecule has 0 aliphatic carbocycles. The zero-order valence-electron chi connectivity index (χ0n) is 16.4. The van der Waals surface area contributed by atoms with Crippen molar-refractivity contribution in [3.8, 4) is 0 Å². The molecule has 0 radical (unpaired) electrons. The minimum absolute atomic E-state index is 0.0231. The lowest BCUT2D eigenvalue weighted by Gasteiger charge is -2.35. The van der Waals surface area contributed by atoms with Crippen LogP contribution in [0.4, 0.5) is 13.2 Å². The van der Waals surface area contributed by atoms with E-state index in [1.165, 1.54) is 5.56 Å². The number of fused-ring (bicyclic) bond motifs is 1. The second-order valence-electron chi connectivity index (χ2n) is 6.28. The van der Waals surface area contributed by atoms with Gasteiger partial charge in [0.05, 0.1) is 24.5 Å². The SMILES string of the molecule is CCn1ncc2c1C(COC)N(C(=O)/C=C/c1cccs1)CC2.O=C(O)C(F)(F)F. The summed E-state index contributed by atoms with van der Waals surface area (Å²) in [5.74, 6) is -2.73. The first-order valence-corrected chi connectivity index (χ1v) is 9.92. The number of alkyl halides is 3. The molecule has 1 aliphatic rings. The van der Waals surface area contributed by atoms with Crippen LogP contribution >= 0.6 is 11.3 Å². The molecule has 30 heavy (non-hydrogen) atoms. The summed E-state index contributed by atoms with van der Waals surface area (Å²) < 4.78 is 39.1. The quantitative estimate of drug-likeness (QED) is 0.714. The number of ether oxygens (including phenoxy) is 1. The molecule has 0 aromatic carbocycles. The van der Waals surface area contributed by atoms with Crippen molar-refractivity contribution in [1.29, 1.82) is 0 Å². The number of aliphatic carboxylic acids is 1. The first kappa shape index (κ1) is 23.6. The molecule has 1 atom stereocenters. The molecule has 3 rings (SSSR count). The number of halogens is 3. The summed E-state index contributed by atoms with van der Waals surface area (Å²) in [6.07, 6.45) is 1.22. The number of rotatable bonds is 5. The fourth-order valence-electron chi connectivity index (χ4n) is 3.03. The van der Waals surface area contributed by atoms with Crippen LogP contribution in [0.3, 0.4) is 0 Å². The van der Waals surface area contributed by atoms with Crippen molar-refractivity contribution < 1.29 is 32.6 Å². The van der Waals surface area contributed by atoms with Crippen molar-refractivity contribution in [2.24, 2.45) is 0 Å².